The van der Waals surface area contributed by atoms with Crippen LogP contribution in [-0.4, -0.2) is 15.9 Å². The van der Waals surface area contributed by atoms with Crippen molar-refractivity contribution in [2.24, 2.45) is 0 Å². The molecule has 0 spiro atoms. The zero-order chi connectivity index (χ0) is 9.26. The van der Waals surface area contributed by atoms with Crippen molar-refractivity contribution in [3.63, 3.8) is 0 Å². The number of fused-ring (bicyclic) bond motifs is 1. The number of aromatic nitrogens is 2. The summed E-state index contributed by atoms with van der Waals surface area (Å²) in [6, 6.07) is 3.77. The van der Waals surface area contributed by atoms with Crippen LogP contribution in [0.3, 0.4) is 0 Å². The normalized spacial score (nSPS) is 10.2. The van der Waals surface area contributed by atoms with Crippen LogP contribution in [0.1, 0.15) is 6.92 Å². The third-order valence-electron chi connectivity index (χ3n) is 1.45. The number of nitrogens with one attached hydrogen (secondary N) is 1. The van der Waals surface area contributed by atoms with E-state index in [1.54, 1.807) is 6.20 Å². The highest BCUT2D eigenvalue weighted by molar-refractivity contribution is 7.22. The Kier molecular flexibility index (Phi) is 1.94. The van der Waals surface area contributed by atoms with Gasteiger partial charge in [0, 0.05) is 13.1 Å². The Bertz CT molecular complexity index is 418. The Morgan fingerprint density at radius 1 is 1.62 bits per heavy atom. The summed E-state index contributed by atoms with van der Waals surface area (Å²) in [5.74, 6) is -0.112. The number of pyridine rings is 1. The molecule has 0 aliphatic heterocycles. The highest BCUT2D eigenvalue weighted by Crippen LogP contribution is 2.23. The van der Waals surface area contributed by atoms with Crippen LogP contribution in [0.5, 0.6) is 0 Å². The molecule has 0 aromatic carbocycles. The molecule has 2 rings (SSSR count). The quantitative estimate of drug-likeness (QED) is 0.749. The first-order valence-corrected chi connectivity index (χ1v) is 4.56. The fraction of sp³-hybridized carbons (Fsp3) is 0.125. The summed E-state index contributed by atoms with van der Waals surface area (Å²) in [7, 11) is 0. The van der Waals surface area contributed by atoms with Crippen molar-refractivity contribution in [1.82, 2.24) is 9.97 Å². The van der Waals surface area contributed by atoms with Crippen molar-refractivity contribution < 1.29 is 4.79 Å². The number of hydrogen-bond acceptors (Lipinski definition) is 4. The van der Waals surface area contributed by atoms with Gasteiger partial charge in [-0.2, -0.15) is 4.98 Å². The van der Waals surface area contributed by atoms with Crippen molar-refractivity contribution in [3.05, 3.63) is 18.3 Å². The highest BCUT2D eigenvalue weighted by atomic mass is 32.1. The molecule has 0 radical (unpaired) electrons. The molecule has 1 amide bonds. The SMILES string of the molecule is CC(=O)Nc1nc2ncccc2s1. The molecule has 66 valence electrons. The minimum atomic E-state index is -0.112. The van der Waals surface area contributed by atoms with E-state index in [2.05, 4.69) is 15.3 Å². The van der Waals surface area contributed by atoms with E-state index in [0.29, 0.717) is 10.8 Å². The molecule has 4 nitrogen and oxygen atoms in total. The fourth-order valence-corrected chi connectivity index (χ4v) is 1.84. The molecule has 0 aliphatic carbocycles. The summed E-state index contributed by atoms with van der Waals surface area (Å²) in [5, 5.41) is 3.22. The molecule has 0 atom stereocenters. The standard InChI is InChI=1S/C8H7N3OS/c1-5(12)10-8-11-7-6(13-8)3-2-4-9-7/h2-4H,1H3,(H,9,10,11,12). The Morgan fingerprint density at radius 3 is 3.15 bits per heavy atom. The summed E-state index contributed by atoms with van der Waals surface area (Å²) in [6.07, 6.45) is 1.68. The maximum atomic E-state index is 10.7. The van der Waals surface area contributed by atoms with Gasteiger partial charge in [-0.25, -0.2) is 4.98 Å². The summed E-state index contributed by atoms with van der Waals surface area (Å²) in [5.41, 5.74) is 0.677. The van der Waals surface area contributed by atoms with Crippen molar-refractivity contribution >= 4 is 32.7 Å². The lowest BCUT2D eigenvalue weighted by molar-refractivity contribution is -0.114. The van der Waals surface area contributed by atoms with E-state index in [9.17, 15) is 4.79 Å². The zero-order valence-electron chi connectivity index (χ0n) is 6.94. The zero-order valence-corrected chi connectivity index (χ0v) is 7.76. The van der Waals surface area contributed by atoms with Crippen LogP contribution in [0.25, 0.3) is 10.3 Å². The number of thiazole rings is 1. The third kappa shape index (κ3) is 1.65. The Hall–Kier alpha value is -1.49. The maximum absolute atomic E-state index is 10.7. The Morgan fingerprint density at radius 2 is 2.46 bits per heavy atom. The van der Waals surface area contributed by atoms with E-state index in [1.165, 1.54) is 18.3 Å². The van der Waals surface area contributed by atoms with Gasteiger partial charge in [0.05, 0.1) is 4.70 Å². The summed E-state index contributed by atoms with van der Waals surface area (Å²) >= 11 is 1.42. The molecule has 0 bridgehead atoms. The van der Waals surface area contributed by atoms with Crippen molar-refractivity contribution in [2.45, 2.75) is 6.92 Å². The first-order valence-electron chi connectivity index (χ1n) is 3.75. The summed E-state index contributed by atoms with van der Waals surface area (Å²) in [4.78, 5) is 18.9. The van der Waals surface area contributed by atoms with Crippen LogP contribution >= 0.6 is 11.3 Å². The average molecular weight is 193 g/mol. The Labute approximate surface area is 78.6 Å². The fourth-order valence-electron chi connectivity index (χ4n) is 0.973. The van der Waals surface area contributed by atoms with Crippen molar-refractivity contribution in [3.8, 4) is 0 Å². The molecule has 0 unspecified atom stereocenters. The molecular formula is C8H7N3OS. The van der Waals surface area contributed by atoms with Gasteiger partial charge in [-0.15, -0.1) is 0 Å². The monoisotopic (exact) mass is 193 g/mol. The molecule has 0 fully saturated rings. The van der Waals surface area contributed by atoms with E-state index >= 15 is 0 Å². The number of hydrogen-bond donors (Lipinski definition) is 1. The van der Waals surface area contributed by atoms with E-state index < -0.39 is 0 Å². The second-order valence-corrected chi connectivity index (χ2v) is 3.56. The van der Waals surface area contributed by atoms with Crippen molar-refractivity contribution in [1.29, 1.82) is 0 Å². The van der Waals surface area contributed by atoms with Gasteiger partial charge in [-0.05, 0) is 12.1 Å². The lowest BCUT2D eigenvalue weighted by Gasteiger charge is -1.90. The van der Waals surface area contributed by atoms with E-state index in [4.69, 9.17) is 0 Å². The molecule has 0 aliphatic rings. The van der Waals surface area contributed by atoms with E-state index in [1.807, 2.05) is 12.1 Å². The van der Waals surface area contributed by atoms with Crippen LogP contribution in [-0.2, 0) is 4.79 Å². The van der Waals surface area contributed by atoms with Gasteiger partial charge in [0.1, 0.15) is 0 Å². The Balaban J connectivity index is 2.44. The number of rotatable bonds is 1. The smallest absolute Gasteiger partial charge is 0.223 e. The van der Waals surface area contributed by atoms with Crippen molar-refractivity contribution in [2.75, 3.05) is 5.32 Å². The molecule has 2 heterocycles. The van der Waals surface area contributed by atoms with Gasteiger partial charge in [-0.3, -0.25) is 4.79 Å². The number of amides is 1. The van der Waals surface area contributed by atoms with Gasteiger partial charge in [-0.1, -0.05) is 11.3 Å². The average Bonchev–Trinajstić information content (AvgIpc) is 2.44. The molecule has 5 heteroatoms. The minimum absolute atomic E-state index is 0.112. The third-order valence-corrected chi connectivity index (χ3v) is 2.37. The lowest BCUT2D eigenvalue weighted by Crippen LogP contribution is -2.04. The molecule has 2 aromatic heterocycles. The van der Waals surface area contributed by atoms with Gasteiger partial charge >= 0.3 is 0 Å². The van der Waals surface area contributed by atoms with Crippen LogP contribution in [0, 0.1) is 0 Å². The summed E-state index contributed by atoms with van der Waals surface area (Å²) in [6.45, 7) is 1.46. The van der Waals surface area contributed by atoms with Gasteiger partial charge in [0.15, 0.2) is 10.8 Å². The topological polar surface area (TPSA) is 54.9 Å². The number of carbonyl (C=O) groups excluding carboxylic acids is 1. The first-order chi connectivity index (χ1) is 6.25. The molecular weight excluding hydrogens is 186 g/mol. The minimum Gasteiger partial charge on any atom is -0.302 e. The first kappa shape index (κ1) is 8.12. The van der Waals surface area contributed by atoms with Crippen LogP contribution in [0.15, 0.2) is 18.3 Å². The van der Waals surface area contributed by atoms with Gasteiger partial charge in [0.25, 0.3) is 0 Å². The number of anilines is 1. The van der Waals surface area contributed by atoms with E-state index in [0.717, 1.165) is 4.70 Å². The van der Waals surface area contributed by atoms with E-state index in [-0.39, 0.29) is 5.91 Å². The van der Waals surface area contributed by atoms with Crippen LogP contribution in [0.2, 0.25) is 0 Å². The molecule has 0 saturated carbocycles. The highest BCUT2D eigenvalue weighted by Gasteiger charge is 2.03. The number of nitrogens with zero attached hydrogens (tertiary/aromatic N) is 2. The second kappa shape index (κ2) is 3.10. The largest absolute Gasteiger partial charge is 0.302 e. The predicted octanol–water partition coefficient (Wildman–Crippen LogP) is 1.65. The second-order valence-electron chi connectivity index (χ2n) is 2.53. The molecule has 0 saturated heterocycles. The summed E-state index contributed by atoms with van der Waals surface area (Å²) < 4.78 is 0.978. The lowest BCUT2D eigenvalue weighted by atomic mass is 10.5. The molecule has 2 aromatic rings. The van der Waals surface area contributed by atoms with Crippen LogP contribution < -0.4 is 5.32 Å². The maximum Gasteiger partial charge on any atom is 0.223 e. The van der Waals surface area contributed by atoms with Gasteiger partial charge < -0.3 is 5.32 Å². The molecule has 13 heavy (non-hydrogen) atoms. The number of carbonyl (C=O) groups is 1. The predicted molar refractivity (Wildman–Crippen MR) is 51.7 cm³/mol. The van der Waals surface area contributed by atoms with Gasteiger partial charge in [0.2, 0.25) is 5.91 Å². The molecule has 1 N–H and O–H groups in total. The van der Waals surface area contributed by atoms with Crippen LogP contribution in [0.4, 0.5) is 5.13 Å².